The molecule has 1 aromatic carbocycles. The highest BCUT2D eigenvalue weighted by Gasteiger charge is 2.12. The van der Waals surface area contributed by atoms with Crippen LogP contribution in [0.5, 0.6) is 0 Å². The van der Waals surface area contributed by atoms with E-state index in [9.17, 15) is 8.42 Å². The minimum Gasteiger partial charge on any atom is -0.384 e. The van der Waals surface area contributed by atoms with Crippen molar-refractivity contribution in [2.24, 2.45) is 0 Å². The molecule has 21 heavy (non-hydrogen) atoms. The summed E-state index contributed by atoms with van der Waals surface area (Å²) in [6, 6.07) is 6.88. The van der Waals surface area contributed by atoms with Gasteiger partial charge in [-0.15, -0.1) is 0 Å². The Kier molecular flexibility index (Phi) is 5.98. The number of nitrogens with zero attached hydrogens (tertiary/aromatic N) is 1. The molecule has 1 saturated heterocycles. The molecule has 3 N–H and O–H groups in total. The average molecular weight is 312 g/mol. The summed E-state index contributed by atoms with van der Waals surface area (Å²) < 4.78 is 26.1. The van der Waals surface area contributed by atoms with Gasteiger partial charge in [0, 0.05) is 51.5 Å². The quantitative estimate of drug-likeness (QED) is 0.675. The summed E-state index contributed by atoms with van der Waals surface area (Å²) in [5.41, 5.74) is 0.945. The number of rotatable bonds is 7. The van der Waals surface area contributed by atoms with Gasteiger partial charge in [0.05, 0.1) is 4.90 Å². The molecule has 0 radical (unpaired) electrons. The van der Waals surface area contributed by atoms with Crippen LogP contribution in [0.25, 0.3) is 0 Å². The number of hydrogen-bond donors (Lipinski definition) is 3. The van der Waals surface area contributed by atoms with Gasteiger partial charge < -0.3 is 10.6 Å². The van der Waals surface area contributed by atoms with E-state index >= 15 is 0 Å². The lowest BCUT2D eigenvalue weighted by molar-refractivity contribution is 0.249. The van der Waals surface area contributed by atoms with Gasteiger partial charge in [-0.25, -0.2) is 13.1 Å². The molecule has 6 nitrogen and oxygen atoms in total. The first kappa shape index (κ1) is 16.2. The highest BCUT2D eigenvalue weighted by Crippen LogP contribution is 2.13. The predicted octanol–water partition coefficient (Wildman–Crippen LogP) is 0.302. The van der Waals surface area contributed by atoms with Crippen molar-refractivity contribution in [3.8, 4) is 0 Å². The first-order chi connectivity index (χ1) is 10.1. The van der Waals surface area contributed by atoms with E-state index in [1.54, 1.807) is 19.1 Å². The van der Waals surface area contributed by atoms with Crippen molar-refractivity contribution in [2.75, 3.05) is 51.1 Å². The molecule has 7 heteroatoms. The summed E-state index contributed by atoms with van der Waals surface area (Å²) in [7, 11) is -3.36. The lowest BCUT2D eigenvalue weighted by atomic mass is 10.3. The Labute approximate surface area is 127 Å². The molecule has 0 atom stereocenters. The van der Waals surface area contributed by atoms with Gasteiger partial charge in [-0.1, -0.05) is 6.92 Å². The SMILES string of the molecule is CCNS(=O)(=O)c1ccc(NCCN2CCNCC2)cc1. The smallest absolute Gasteiger partial charge is 0.240 e. The molecule has 1 aromatic rings. The van der Waals surface area contributed by atoms with Crippen LogP contribution in [0.15, 0.2) is 29.2 Å². The van der Waals surface area contributed by atoms with E-state index in [-0.39, 0.29) is 0 Å². The number of sulfonamides is 1. The van der Waals surface area contributed by atoms with Crippen molar-refractivity contribution in [3.05, 3.63) is 24.3 Å². The van der Waals surface area contributed by atoms with Crippen molar-refractivity contribution in [1.29, 1.82) is 0 Å². The van der Waals surface area contributed by atoms with Gasteiger partial charge in [0.25, 0.3) is 0 Å². The van der Waals surface area contributed by atoms with Crippen LogP contribution in [0.2, 0.25) is 0 Å². The van der Waals surface area contributed by atoms with Crippen LogP contribution in [-0.4, -0.2) is 59.1 Å². The van der Waals surface area contributed by atoms with Gasteiger partial charge in [0.15, 0.2) is 0 Å². The monoisotopic (exact) mass is 312 g/mol. The Morgan fingerprint density at radius 2 is 1.86 bits per heavy atom. The largest absolute Gasteiger partial charge is 0.384 e. The number of hydrogen-bond acceptors (Lipinski definition) is 5. The third-order valence-electron chi connectivity index (χ3n) is 3.47. The maximum Gasteiger partial charge on any atom is 0.240 e. The van der Waals surface area contributed by atoms with Gasteiger partial charge in [-0.05, 0) is 24.3 Å². The van der Waals surface area contributed by atoms with Crippen LogP contribution in [0.4, 0.5) is 5.69 Å². The maximum absolute atomic E-state index is 11.8. The van der Waals surface area contributed by atoms with E-state index in [2.05, 4.69) is 20.3 Å². The zero-order valence-electron chi connectivity index (χ0n) is 12.4. The van der Waals surface area contributed by atoms with Gasteiger partial charge >= 0.3 is 0 Å². The second-order valence-electron chi connectivity index (χ2n) is 5.04. The molecular weight excluding hydrogens is 288 g/mol. The first-order valence-electron chi connectivity index (χ1n) is 7.38. The van der Waals surface area contributed by atoms with Crippen molar-refractivity contribution in [2.45, 2.75) is 11.8 Å². The fraction of sp³-hybridized carbons (Fsp3) is 0.571. The second-order valence-corrected chi connectivity index (χ2v) is 6.81. The van der Waals surface area contributed by atoms with Crippen LogP contribution in [-0.2, 0) is 10.0 Å². The molecule has 0 spiro atoms. The lowest BCUT2D eigenvalue weighted by Crippen LogP contribution is -2.45. The molecular formula is C14H24N4O2S. The number of piperazine rings is 1. The summed E-state index contributed by atoms with van der Waals surface area (Å²) >= 11 is 0. The topological polar surface area (TPSA) is 73.5 Å². The van der Waals surface area contributed by atoms with Crippen LogP contribution in [0.1, 0.15) is 6.92 Å². The van der Waals surface area contributed by atoms with E-state index in [0.29, 0.717) is 11.4 Å². The lowest BCUT2D eigenvalue weighted by Gasteiger charge is -2.27. The molecule has 2 rings (SSSR count). The second kappa shape index (κ2) is 7.74. The highest BCUT2D eigenvalue weighted by molar-refractivity contribution is 7.89. The molecule has 118 valence electrons. The highest BCUT2D eigenvalue weighted by atomic mass is 32.2. The van der Waals surface area contributed by atoms with Crippen molar-refractivity contribution in [3.63, 3.8) is 0 Å². The van der Waals surface area contributed by atoms with Crippen molar-refractivity contribution < 1.29 is 8.42 Å². The van der Waals surface area contributed by atoms with E-state index in [1.807, 2.05) is 12.1 Å². The van der Waals surface area contributed by atoms with Crippen LogP contribution in [0.3, 0.4) is 0 Å². The van der Waals surface area contributed by atoms with Gasteiger partial charge in [-0.3, -0.25) is 4.90 Å². The Bertz CT molecular complexity index is 524. The molecule has 1 aliphatic rings. The summed E-state index contributed by atoms with van der Waals surface area (Å²) in [4.78, 5) is 2.71. The third kappa shape index (κ3) is 4.96. The molecule has 0 saturated carbocycles. The fourth-order valence-corrected chi connectivity index (χ4v) is 3.36. The number of nitrogens with one attached hydrogen (secondary N) is 3. The average Bonchev–Trinajstić information content (AvgIpc) is 2.49. The van der Waals surface area contributed by atoms with E-state index < -0.39 is 10.0 Å². The molecule has 0 aromatic heterocycles. The summed E-state index contributed by atoms with van der Waals surface area (Å²) in [6.45, 7) is 8.30. The Hall–Kier alpha value is -1.15. The molecule has 1 fully saturated rings. The normalized spacial score (nSPS) is 16.8. The molecule has 1 aliphatic heterocycles. The number of benzene rings is 1. The molecule has 0 bridgehead atoms. The third-order valence-corrected chi connectivity index (χ3v) is 5.03. The van der Waals surface area contributed by atoms with E-state index in [1.165, 1.54) is 0 Å². The standard InChI is InChI=1S/C14H24N4O2S/c1-2-17-21(19,20)14-5-3-13(4-6-14)16-9-12-18-10-7-15-8-11-18/h3-6,15-17H,2,7-12H2,1H3. The van der Waals surface area contributed by atoms with Crippen LogP contribution in [0, 0.1) is 0 Å². The Morgan fingerprint density at radius 3 is 2.48 bits per heavy atom. The Morgan fingerprint density at radius 1 is 1.19 bits per heavy atom. The zero-order valence-corrected chi connectivity index (χ0v) is 13.2. The van der Waals surface area contributed by atoms with Crippen molar-refractivity contribution in [1.82, 2.24) is 14.9 Å². The number of anilines is 1. The van der Waals surface area contributed by atoms with E-state index in [0.717, 1.165) is 45.0 Å². The molecule has 0 aliphatic carbocycles. The molecule has 0 amide bonds. The van der Waals surface area contributed by atoms with Gasteiger partial charge in [-0.2, -0.15) is 0 Å². The fourth-order valence-electron chi connectivity index (χ4n) is 2.32. The maximum atomic E-state index is 11.8. The van der Waals surface area contributed by atoms with Crippen LogP contribution < -0.4 is 15.4 Å². The Balaban J connectivity index is 1.82. The van der Waals surface area contributed by atoms with Crippen LogP contribution >= 0.6 is 0 Å². The van der Waals surface area contributed by atoms with E-state index in [4.69, 9.17) is 0 Å². The molecule has 0 unspecified atom stereocenters. The summed E-state index contributed by atoms with van der Waals surface area (Å²) in [5, 5.41) is 6.65. The zero-order chi connectivity index (χ0) is 15.1. The molecule has 1 heterocycles. The first-order valence-corrected chi connectivity index (χ1v) is 8.87. The summed E-state index contributed by atoms with van der Waals surface area (Å²) in [5.74, 6) is 0. The predicted molar refractivity (Wildman–Crippen MR) is 85.1 cm³/mol. The van der Waals surface area contributed by atoms with Gasteiger partial charge in [0.1, 0.15) is 0 Å². The minimum absolute atomic E-state index is 0.303. The summed E-state index contributed by atoms with van der Waals surface area (Å²) in [6.07, 6.45) is 0. The van der Waals surface area contributed by atoms with Gasteiger partial charge in [0.2, 0.25) is 10.0 Å². The van der Waals surface area contributed by atoms with Crippen molar-refractivity contribution >= 4 is 15.7 Å². The minimum atomic E-state index is -3.36.